The van der Waals surface area contributed by atoms with E-state index in [0.29, 0.717) is 10.6 Å². The fraction of sp³-hybridized carbons (Fsp3) is 0.417. The molecule has 1 aliphatic heterocycles. The largest absolute Gasteiger partial charge is 0.508 e. The van der Waals surface area contributed by atoms with Crippen molar-refractivity contribution in [1.29, 1.82) is 0 Å². The first-order valence-corrected chi connectivity index (χ1v) is 6.04. The number of carbonyl (C=O) groups excluding carboxylic acids is 1. The van der Waals surface area contributed by atoms with Gasteiger partial charge in [0.15, 0.2) is 0 Å². The van der Waals surface area contributed by atoms with Crippen molar-refractivity contribution in [1.82, 2.24) is 10.6 Å². The number of hydrogen-bond acceptors (Lipinski definition) is 3. The van der Waals surface area contributed by atoms with Crippen molar-refractivity contribution in [3.05, 3.63) is 28.8 Å². The molecular weight excluding hydrogens is 240 g/mol. The second kappa shape index (κ2) is 5.38. The Morgan fingerprint density at radius 2 is 2.35 bits per heavy atom. The number of amides is 1. The highest BCUT2D eigenvalue weighted by Gasteiger charge is 2.18. The molecule has 1 amide bonds. The van der Waals surface area contributed by atoms with Crippen LogP contribution < -0.4 is 10.6 Å². The Bertz CT molecular complexity index is 417. The third-order valence-electron chi connectivity index (χ3n) is 2.83. The summed E-state index contributed by atoms with van der Waals surface area (Å²) in [5, 5.41) is 15.8. The van der Waals surface area contributed by atoms with Crippen LogP contribution in [0.25, 0.3) is 0 Å². The molecule has 0 aliphatic carbocycles. The molecule has 0 spiro atoms. The van der Waals surface area contributed by atoms with Gasteiger partial charge in [-0.2, -0.15) is 0 Å². The van der Waals surface area contributed by atoms with E-state index in [1.165, 1.54) is 18.2 Å². The molecule has 4 nitrogen and oxygen atoms in total. The van der Waals surface area contributed by atoms with E-state index in [2.05, 4.69) is 10.6 Å². The van der Waals surface area contributed by atoms with Crippen LogP contribution in [-0.4, -0.2) is 30.1 Å². The number of rotatable bonds is 2. The van der Waals surface area contributed by atoms with E-state index >= 15 is 0 Å². The Kier molecular flexibility index (Phi) is 3.86. The fourth-order valence-electron chi connectivity index (χ4n) is 1.93. The summed E-state index contributed by atoms with van der Waals surface area (Å²) in [4.78, 5) is 12.0. The highest BCUT2D eigenvalue weighted by Crippen LogP contribution is 2.21. The summed E-state index contributed by atoms with van der Waals surface area (Å²) in [6, 6.07) is 4.50. The molecule has 1 aromatic rings. The second-order valence-corrected chi connectivity index (χ2v) is 4.59. The Hall–Kier alpha value is -1.26. The fourth-order valence-corrected chi connectivity index (χ4v) is 2.13. The number of aromatic hydroxyl groups is 1. The molecule has 0 bridgehead atoms. The van der Waals surface area contributed by atoms with Crippen LogP contribution in [0.15, 0.2) is 18.2 Å². The van der Waals surface area contributed by atoms with Gasteiger partial charge in [-0.25, -0.2) is 0 Å². The molecule has 0 saturated carbocycles. The van der Waals surface area contributed by atoms with E-state index in [9.17, 15) is 9.90 Å². The monoisotopic (exact) mass is 254 g/mol. The van der Waals surface area contributed by atoms with Crippen molar-refractivity contribution in [3.8, 4) is 5.75 Å². The van der Waals surface area contributed by atoms with Gasteiger partial charge in [-0.3, -0.25) is 4.79 Å². The van der Waals surface area contributed by atoms with E-state index in [4.69, 9.17) is 11.6 Å². The molecule has 92 valence electrons. The highest BCUT2D eigenvalue weighted by atomic mass is 35.5. The molecule has 1 heterocycles. The predicted octanol–water partition coefficient (Wildman–Crippen LogP) is 1.53. The van der Waals surface area contributed by atoms with Gasteiger partial charge in [0.25, 0.3) is 5.91 Å². The summed E-state index contributed by atoms with van der Waals surface area (Å²) < 4.78 is 0. The van der Waals surface area contributed by atoms with Crippen molar-refractivity contribution < 1.29 is 9.90 Å². The molecule has 0 aromatic heterocycles. The zero-order valence-corrected chi connectivity index (χ0v) is 10.1. The van der Waals surface area contributed by atoms with Gasteiger partial charge < -0.3 is 15.7 Å². The lowest BCUT2D eigenvalue weighted by molar-refractivity contribution is 0.0930. The van der Waals surface area contributed by atoms with E-state index < -0.39 is 0 Å². The minimum Gasteiger partial charge on any atom is -0.508 e. The summed E-state index contributed by atoms with van der Waals surface area (Å²) in [6.45, 7) is 1.78. The SMILES string of the molecule is O=C(NC1CCCNC1)c1cc(O)ccc1Cl. The van der Waals surface area contributed by atoms with Gasteiger partial charge in [0.2, 0.25) is 0 Å². The van der Waals surface area contributed by atoms with E-state index in [0.717, 1.165) is 25.9 Å². The first-order valence-electron chi connectivity index (χ1n) is 5.67. The first kappa shape index (κ1) is 12.2. The summed E-state index contributed by atoms with van der Waals surface area (Å²) in [7, 11) is 0. The zero-order valence-electron chi connectivity index (χ0n) is 9.37. The Balaban J connectivity index is 2.05. The van der Waals surface area contributed by atoms with Gasteiger partial charge >= 0.3 is 0 Å². The molecule has 1 aliphatic rings. The molecule has 3 N–H and O–H groups in total. The zero-order chi connectivity index (χ0) is 12.3. The number of carbonyl (C=O) groups is 1. The maximum atomic E-state index is 12.0. The third kappa shape index (κ3) is 3.11. The molecule has 17 heavy (non-hydrogen) atoms. The number of phenolic OH excluding ortho intramolecular Hbond substituents is 1. The van der Waals surface area contributed by atoms with E-state index in [1.54, 1.807) is 0 Å². The van der Waals surface area contributed by atoms with Crippen molar-refractivity contribution in [2.75, 3.05) is 13.1 Å². The topological polar surface area (TPSA) is 61.4 Å². The predicted molar refractivity (Wildman–Crippen MR) is 66.5 cm³/mol. The molecular formula is C12H15ClN2O2. The van der Waals surface area contributed by atoms with Crippen LogP contribution in [0.4, 0.5) is 0 Å². The van der Waals surface area contributed by atoms with Crippen LogP contribution >= 0.6 is 11.6 Å². The molecule has 5 heteroatoms. The van der Waals surface area contributed by atoms with Gasteiger partial charge in [0.1, 0.15) is 5.75 Å². The van der Waals surface area contributed by atoms with Gasteiger partial charge in [0.05, 0.1) is 10.6 Å². The second-order valence-electron chi connectivity index (χ2n) is 4.18. The average Bonchev–Trinajstić information content (AvgIpc) is 2.33. The van der Waals surface area contributed by atoms with Crippen LogP contribution in [0.1, 0.15) is 23.2 Å². The quantitative estimate of drug-likeness (QED) is 0.750. The Morgan fingerprint density at radius 3 is 3.06 bits per heavy atom. The van der Waals surface area contributed by atoms with Crippen molar-refractivity contribution in [2.45, 2.75) is 18.9 Å². The Labute approximate surface area is 105 Å². The normalized spacial score (nSPS) is 19.9. The van der Waals surface area contributed by atoms with Gasteiger partial charge in [-0.05, 0) is 37.6 Å². The molecule has 1 aromatic carbocycles. The van der Waals surface area contributed by atoms with Crippen LogP contribution in [0.2, 0.25) is 5.02 Å². The highest BCUT2D eigenvalue weighted by molar-refractivity contribution is 6.33. The molecule has 1 unspecified atom stereocenters. The number of piperidine rings is 1. The molecule has 2 rings (SSSR count). The summed E-state index contributed by atoms with van der Waals surface area (Å²) in [5.74, 6) is -0.194. The molecule has 0 radical (unpaired) electrons. The average molecular weight is 255 g/mol. The Morgan fingerprint density at radius 1 is 1.53 bits per heavy atom. The van der Waals surface area contributed by atoms with E-state index in [-0.39, 0.29) is 17.7 Å². The number of phenols is 1. The van der Waals surface area contributed by atoms with Crippen LogP contribution in [-0.2, 0) is 0 Å². The molecule has 1 fully saturated rings. The number of nitrogens with one attached hydrogen (secondary N) is 2. The van der Waals surface area contributed by atoms with Crippen molar-refractivity contribution >= 4 is 17.5 Å². The van der Waals surface area contributed by atoms with Gasteiger partial charge in [0, 0.05) is 12.6 Å². The van der Waals surface area contributed by atoms with Crippen LogP contribution in [0.3, 0.4) is 0 Å². The maximum Gasteiger partial charge on any atom is 0.253 e. The maximum absolute atomic E-state index is 12.0. The summed E-state index contributed by atoms with van der Waals surface area (Å²) >= 11 is 5.92. The minimum absolute atomic E-state index is 0.0429. The molecule has 1 atom stereocenters. The smallest absolute Gasteiger partial charge is 0.253 e. The van der Waals surface area contributed by atoms with Crippen LogP contribution in [0, 0.1) is 0 Å². The van der Waals surface area contributed by atoms with Crippen LogP contribution in [0.5, 0.6) is 5.75 Å². The lowest BCUT2D eigenvalue weighted by Gasteiger charge is -2.24. The van der Waals surface area contributed by atoms with Crippen molar-refractivity contribution in [3.63, 3.8) is 0 Å². The minimum atomic E-state index is -0.236. The molecule has 1 saturated heterocycles. The third-order valence-corrected chi connectivity index (χ3v) is 3.16. The number of halogens is 1. The summed E-state index contributed by atoms with van der Waals surface area (Å²) in [5.41, 5.74) is 0.317. The first-order chi connectivity index (χ1) is 8.16. The number of benzene rings is 1. The lowest BCUT2D eigenvalue weighted by atomic mass is 10.1. The summed E-state index contributed by atoms with van der Waals surface area (Å²) in [6.07, 6.45) is 2.02. The van der Waals surface area contributed by atoms with Gasteiger partial charge in [-0.15, -0.1) is 0 Å². The standard InChI is InChI=1S/C12H15ClN2O2/c13-11-4-3-9(16)6-10(11)12(17)15-8-2-1-5-14-7-8/h3-4,6,8,14,16H,1-2,5,7H2,(H,15,17). The van der Waals surface area contributed by atoms with Gasteiger partial charge in [-0.1, -0.05) is 11.6 Å². The lowest BCUT2D eigenvalue weighted by Crippen LogP contribution is -2.45. The number of hydrogen-bond donors (Lipinski definition) is 3. The van der Waals surface area contributed by atoms with Crippen molar-refractivity contribution in [2.24, 2.45) is 0 Å². The van der Waals surface area contributed by atoms with E-state index in [1.807, 2.05) is 0 Å².